The summed E-state index contributed by atoms with van der Waals surface area (Å²) in [6.07, 6.45) is 4.85. The van der Waals surface area contributed by atoms with Gasteiger partial charge in [0.1, 0.15) is 6.33 Å². The zero-order valence-electron chi connectivity index (χ0n) is 26.9. The van der Waals surface area contributed by atoms with E-state index in [0.29, 0.717) is 11.9 Å². The molecular formula is C34H45N7O3. The average Bonchev–Trinajstić information content (AvgIpc) is 2.97. The molecule has 10 heteroatoms. The van der Waals surface area contributed by atoms with Gasteiger partial charge < -0.3 is 24.5 Å². The van der Waals surface area contributed by atoms with Crippen LogP contribution in [0.1, 0.15) is 68.6 Å². The van der Waals surface area contributed by atoms with Crippen molar-refractivity contribution in [3.63, 3.8) is 0 Å². The lowest BCUT2D eigenvalue weighted by molar-refractivity contribution is -0.136. The maximum atomic E-state index is 12.0. The fraction of sp³-hybridized carbons (Fsp3) is 0.559. The van der Waals surface area contributed by atoms with Crippen LogP contribution in [-0.2, 0) is 28.9 Å². The van der Waals surface area contributed by atoms with Gasteiger partial charge in [0.05, 0.1) is 24.3 Å². The molecule has 2 aromatic heterocycles. The van der Waals surface area contributed by atoms with Crippen LogP contribution in [0.15, 0.2) is 24.5 Å². The van der Waals surface area contributed by atoms with E-state index >= 15 is 0 Å². The first-order valence-corrected chi connectivity index (χ1v) is 15.9. The Morgan fingerprint density at radius 3 is 2.30 bits per heavy atom. The van der Waals surface area contributed by atoms with Crippen molar-refractivity contribution in [2.24, 2.45) is 5.41 Å². The molecule has 2 saturated heterocycles. The summed E-state index contributed by atoms with van der Waals surface area (Å²) < 4.78 is 5.90. The first kappa shape index (κ1) is 30.2. The minimum Gasteiger partial charge on any atom is -0.481 e. The number of ether oxygens (including phenoxy) is 1. The summed E-state index contributed by atoms with van der Waals surface area (Å²) in [5.74, 6) is 0.572. The Hall–Kier alpha value is -3.79. The van der Waals surface area contributed by atoms with E-state index in [0.717, 1.165) is 92.3 Å². The number of anilines is 3. The summed E-state index contributed by atoms with van der Waals surface area (Å²) in [6, 6.07) is 6.69. The Labute approximate surface area is 260 Å². The third-order valence-electron chi connectivity index (χ3n) is 9.46. The molecule has 6 rings (SSSR count). The number of piperidine rings is 1. The molecule has 3 aliphatic heterocycles. The number of morpholine rings is 1. The zero-order chi connectivity index (χ0) is 31.2. The van der Waals surface area contributed by atoms with Gasteiger partial charge in [-0.1, -0.05) is 32.0 Å². The van der Waals surface area contributed by atoms with Crippen molar-refractivity contribution in [2.45, 2.75) is 86.0 Å². The molecule has 1 N–H and O–H groups in total. The molecular weight excluding hydrogens is 554 g/mol. The summed E-state index contributed by atoms with van der Waals surface area (Å²) in [5, 5.41) is 9.85. The number of carboxylic acid groups (broad SMARTS) is 1. The second-order valence-electron chi connectivity index (χ2n) is 13.6. The number of carboxylic acids is 1. The lowest BCUT2D eigenvalue weighted by Gasteiger charge is -2.40. The highest BCUT2D eigenvalue weighted by molar-refractivity contribution is 5.86. The molecule has 0 spiro atoms. The third-order valence-corrected chi connectivity index (χ3v) is 9.46. The molecule has 10 nitrogen and oxygen atoms in total. The molecule has 0 radical (unpaired) electrons. The summed E-state index contributed by atoms with van der Waals surface area (Å²) in [7, 11) is 0. The Morgan fingerprint density at radius 1 is 0.932 bits per heavy atom. The first-order valence-electron chi connectivity index (χ1n) is 15.9. The molecule has 234 valence electrons. The standard InChI is InChI=1S/C34H45N7O3/c1-21-17-41(18-22(2)44-21)33-36-20-35-32(38-33)40-12-9-25-15-26(7-8-27(25)19-40)30-24(4)37-23(3)28(16-29(42)43)31(30)39-13-10-34(5,6)11-14-39/h7-8,15,20-22H,9-14,16-19H2,1-6H3,(H,42,43). The Bertz CT molecular complexity index is 1540. The van der Waals surface area contributed by atoms with E-state index in [2.05, 4.69) is 77.5 Å². The van der Waals surface area contributed by atoms with Gasteiger partial charge in [-0.25, -0.2) is 9.97 Å². The molecule has 5 heterocycles. The van der Waals surface area contributed by atoms with E-state index in [1.807, 2.05) is 6.92 Å². The van der Waals surface area contributed by atoms with E-state index < -0.39 is 5.97 Å². The average molecular weight is 600 g/mol. The van der Waals surface area contributed by atoms with Crippen molar-refractivity contribution in [1.29, 1.82) is 0 Å². The molecule has 2 fully saturated rings. The zero-order valence-corrected chi connectivity index (χ0v) is 26.9. The number of benzene rings is 1. The largest absolute Gasteiger partial charge is 0.481 e. The van der Waals surface area contributed by atoms with Crippen molar-refractivity contribution in [1.82, 2.24) is 19.9 Å². The minimum atomic E-state index is -0.826. The number of hydrogen-bond donors (Lipinski definition) is 1. The van der Waals surface area contributed by atoms with Crippen LogP contribution >= 0.6 is 0 Å². The van der Waals surface area contributed by atoms with Crippen LogP contribution in [0.2, 0.25) is 0 Å². The van der Waals surface area contributed by atoms with Crippen molar-refractivity contribution in [2.75, 3.05) is 47.4 Å². The van der Waals surface area contributed by atoms with E-state index in [-0.39, 0.29) is 24.0 Å². The third kappa shape index (κ3) is 6.22. The molecule has 1 aromatic carbocycles. The Morgan fingerprint density at radius 2 is 1.61 bits per heavy atom. The molecule has 0 aliphatic carbocycles. The van der Waals surface area contributed by atoms with Crippen LogP contribution in [0.4, 0.5) is 17.6 Å². The maximum absolute atomic E-state index is 12.0. The second kappa shape index (κ2) is 12.0. The van der Waals surface area contributed by atoms with Crippen LogP contribution < -0.4 is 14.7 Å². The van der Waals surface area contributed by atoms with Crippen molar-refractivity contribution >= 4 is 23.6 Å². The predicted octanol–water partition coefficient (Wildman–Crippen LogP) is 4.98. The first-order chi connectivity index (χ1) is 21.0. The van der Waals surface area contributed by atoms with Gasteiger partial charge in [-0.05, 0) is 69.1 Å². The number of pyridine rings is 1. The summed E-state index contributed by atoms with van der Waals surface area (Å²) in [6.45, 7) is 17.7. The number of fused-ring (bicyclic) bond motifs is 1. The van der Waals surface area contributed by atoms with Gasteiger partial charge in [-0.3, -0.25) is 9.78 Å². The van der Waals surface area contributed by atoms with Gasteiger partial charge >= 0.3 is 5.97 Å². The van der Waals surface area contributed by atoms with E-state index in [1.54, 1.807) is 6.33 Å². The number of hydrogen-bond acceptors (Lipinski definition) is 9. The van der Waals surface area contributed by atoms with E-state index in [1.165, 1.54) is 11.1 Å². The van der Waals surface area contributed by atoms with Crippen molar-refractivity contribution in [3.05, 3.63) is 52.6 Å². The van der Waals surface area contributed by atoms with Crippen LogP contribution in [0.5, 0.6) is 0 Å². The van der Waals surface area contributed by atoms with Gasteiger partial charge in [0.2, 0.25) is 11.9 Å². The van der Waals surface area contributed by atoms with Crippen molar-refractivity contribution < 1.29 is 14.6 Å². The highest BCUT2D eigenvalue weighted by Gasteiger charge is 2.31. The second-order valence-corrected chi connectivity index (χ2v) is 13.6. The number of rotatable bonds is 6. The van der Waals surface area contributed by atoms with E-state index in [9.17, 15) is 9.90 Å². The lowest BCUT2D eigenvalue weighted by atomic mass is 9.82. The van der Waals surface area contributed by atoms with Gasteiger partial charge in [0.25, 0.3) is 0 Å². The monoisotopic (exact) mass is 599 g/mol. The van der Waals surface area contributed by atoms with Crippen LogP contribution in [0, 0.1) is 19.3 Å². The summed E-state index contributed by atoms with van der Waals surface area (Å²) in [4.78, 5) is 37.6. The quantitative estimate of drug-likeness (QED) is 0.417. The fourth-order valence-electron chi connectivity index (χ4n) is 7.07. The van der Waals surface area contributed by atoms with E-state index in [4.69, 9.17) is 14.7 Å². The summed E-state index contributed by atoms with van der Waals surface area (Å²) in [5.41, 5.74) is 8.63. The number of aliphatic carboxylic acids is 1. The normalized spacial score (nSPS) is 21.7. The number of aromatic nitrogens is 4. The minimum absolute atomic E-state index is 0.0303. The molecule has 44 heavy (non-hydrogen) atoms. The van der Waals surface area contributed by atoms with Crippen molar-refractivity contribution in [3.8, 4) is 11.1 Å². The Kier molecular flexibility index (Phi) is 8.22. The molecule has 0 amide bonds. The van der Waals surface area contributed by atoms with Crippen LogP contribution in [0.3, 0.4) is 0 Å². The molecule has 0 bridgehead atoms. The topological polar surface area (TPSA) is 108 Å². The predicted molar refractivity (Wildman–Crippen MR) is 173 cm³/mol. The smallest absolute Gasteiger partial charge is 0.307 e. The van der Waals surface area contributed by atoms with Crippen LogP contribution in [-0.4, -0.2) is 75.9 Å². The van der Waals surface area contributed by atoms with Gasteiger partial charge in [0.15, 0.2) is 0 Å². The van der Waals surface area contributed by atoms with Gasteiger partial charge in [-0.15, -0.1) is 0 Å². The Balaban J connectivity index is 1.30. The molecule has 0 saturated carbocycles. The highest BCUT2D eigenvalue weighted by atomic mass is 16.5. The SMILES string of the molecule is Cc1nc(C)c(-c2ccc3c(c2)CCN(c2ncnc(N4CC(C)OC(C)C4)n2)C3)c(N2CCC(C)(C)CC2)c1CC(=O)O. The lowest BCUT2D eigenvalue weighted by Crippen LogP contribution is -2.46. The molecule has 3 aliphatic rings. The number of carbonyl (C=O) groups is 1. The van der Waals surface area contributed by atoms with Crippen LogP contribution in [0.25, 0.3) is 11.1 Å². The van der Waals surface area contributed by atoms with Gasteiger partial charge in [0, 0.05) is 61.8 Å². The molecule has 3 aromatic rings. The molecule has 2 unspecified atom stereocenters. The van der Waals surface area contributed by atoms with Gasteiger partial charge in [-0.2, -0.15) is 4.98 Å². The molecule has 2 atom stereocenters. The maximum Gasteiger partial charge on any atom is 0.307 e. The summed E-state index contributed by atoms with van der Waals surface area (Å²) >= 11 is 0. The number of aryl methyl sites for hydroxylation is 2. The fourth-order valence-corrected chi connectivity index (χ4v) is 7.07. The highest BCUT2D eigenvalue weighted by Crippen LogP contribution is 2.42. The number of nitrogens with zero attached hydrogens (tertiary/aromatic N) is 7.